The number of ether oxygens (including phenoxy) is 1. The molecule has 0 bridgehead atoms. The zero-order valence-electron chi connectivity index (χ0n) is 6.77. The Bertz CT molecular complexity index is 427. The van der Waals surface area contributed by atoms with E-state index in [4.69, 9.17) is 5.26 Å². The first-order valence-electron chi connectivity index (χ1n) is 3.35. The lowest BCUT2D eigenvalue weighted by atomic mass is 10.3. The maximum absolute atomic E-state index is 11.9. The molecule has 0 radical (unpaired) electrons. The number of hydrogen-bond acceptors (Lipinski definition) is 3. The first kappa shape index (κ1) is 12.3. The van der Waals surface area contributed by atoms with Gasteiger partial charge in [0, 0.05) is 6.20 Å². The van der Waals surface area contributed by atoms with Crippen LogP contribution in [0.5, 0.6) is 5.88 Å². The number of nitriles is 1. The molecule has 0 saturated heterocycles. The number of aromatic nitrogens is 1. The second kappa shape index (κ2) is 4.37. The van der Waals surface area contributed by atoms with E-state index in [-0.39, 0.29) is 14.5 Å². The van der Waals surface area contributed by atoms with E-state index in [2.05, 4.69) is 41.6 Å². The Labute approximate surface area is 99.1 Å². The van der Waals surface area contributed by atoms with Crippen molar-refractivity contribution in [2.24, 2.45) is 0 Å². The summed E-state index contributed by atoms with van der Waals surface area (Å²) in [5, 5.41) is 8.56. The van der Waals surface area contributed by atoms with Crippen molar-refractivity contribution >= 4 is 31.9 Å². The Morgan fingerprint density at radius 3 is 2.40 bits per heavy atom. The Kier molecular flexibility index (Phi) is 3.57. The summed E-state index contributed by atoms with van der Waals surface area (Å²) in [6.07, 6.45) is -3.83. The van der Waals surface area contributed by atoms with Gasteiger partial charge in [0.1, 0.15) is 6.07 Å². The standard InChI is InChI=1S/C7HBr2F3N2O/c8-4-3(1-13)2-14-6(5(4)9)15-7(10,11)12/h2H. The van der Waals surface area contributed by atoms with Crippen LogP contribution in [0.1, 0.15) is 5.56 Å². The minimum atomic E-state index is -4.82. The summed E-state index contributed by atoms with van der Waals surface area (Å²) in [5.41, 5.74) is 0.108. The zero-order chi connectivity index (χ0) is 11.6. The molecule has 0 amide bonds. The highest BCUT2D eigenvalue weighted by molar-refractivity contribution is 9.13. The van der Waals surface area contributed by atoms with E-state index in [1.807, 2.05) is 0 Å². The molecule has 0 aliphatic heterocycles. The summed E-state index contributed by atoms with van der Waals surface area (Å²) in [6, 6.07) is 1.75. The van der Waals surface area contributed by atoms with Gasteiger partial charge < -0.3 is 4.74 Å². The molecule has 15 heavy (non-hydrogen) atoms. The maximum atomic E-state index is 11.9. The van der Waals surface area contributed by atoms with Crippen molar-refractivity contribution < 1.29 is 17.9 Å². The second-order valence-electron chi connectivity index (χ2n) is 2.26. The largest absolute Gasteiger partial charge is 0.574 e. The summed E-state index contributed by atoms with van der Waals surface area (Å²) in [6.45, 7) is 0. The van der Waals surface area contributed by atoms with Crippen LogP contribution in [0.2, 0.25) is 0 Å². The van der Waals surface area contributed by atoms with Gasteiger partial charge in [-0.2, -0.15) is 5.26 Å². The van der Waals surface area contributed by atoms with Crippen LogP contribution in [-0.4, -0.2) is 11.3 Å². The second-order valence-corrected chi connectivity index (χ2v) is 3.85. The van der Waals surface area contributed by atoms with Gasteiger partial charge in [0.05, 0.1) is 14.5 Å². The maximum Gasteiger partial charge on any atom is 0.574 e. The molecule has 80 valence electrons. The highest BCUT2D eigenvalue weighted by Gasteiger charge is 2.33. The Morgan fingerprint density at radius 1 is 1.33 bits per heavy atom. The minimum absolute atomic E-state index is 0.0566. The molecule has 0 aromatic carbocycles. The van der Waals surface area contributed by atoms with E-state index in [1.165, 1.54) is 0 Å². The highest BCUT2D eigenvalue weighted by atomic mass is 79.9. The average molecular weight is 346 g/mol. The first-order valence-corrected chi connectivity index (χ1v) is 4.93. The van der Waals surface area contributed by atoms with Crippen LogP contribution in [0.15, 0.2) is 15.1 Å². The Hall–Kier alpha value is -0.810. The predicted molar refractivity (Wildman–Crippen MR) is 51.0 cm³/mol. The molecule has 0 spiro atoms. The monoisotopic (exact) mass is 344 g/mol. The number of rotatable bonds is 1. The smallest absolute Gasteiger partial charge is 0.387 e. The van der Waals surface area contributed by atoms with Crippen molar-refractivity contribution in [3.05, 3.63) is 20.7 Å². The summed E-state index contributed by atoms with van der Waals surface area (Å²) >= 11 is 5.78. The van der Waals surface area contributed by atoms with E-state index < -0.39 is 12.2 Å². The number of nitrogens with zero attached hydrogens (tertiary/aromatic N) is 2. The lowest BCUT2D eigenvalue weighted by Crippen LogP contribution is -2.18. The summed E-state index contributed by atoms with van der Waals surface area (Å²) in [5.74, 6) is -0.645. The van der Waals surface area contributed by atoms with Gasteiger partial charge in [-0.15, -0.1) is 13.2 Å². The molecular weight excluding hydrogens is 345 g/mol. The third-order valence-corrected chi connectivity index (χ3v) is 3.35. The fourth-order valence-electron chi connectivity index (χ4n) is 0.707. The van der Waals surface area contributed by atoms with Crippen LogP contribution < -0.4 is 4.74 Å². The molecule has 1 aromatic heterocycles. The molecule has 0 saturated carbocycles. The van der Waals surface area contributed by atoms with Gasteiger partial charge in [-0.3, -0.25) is 0 Å². The lowest BCUT2D eigenvalue weighted by molar-refractivity contribution is -0.276. The highest BCUT2D eigenvalue weighted by Crippen LogP contribution is 2.35. The molecule has 0 aliphatic rings. The number of pyridine rings is 1. The quantitative estimate of drug-likeness (QED) is 0.783. The number of alkyl halides is 3. The van der Waals surface area contributed by atoms with Crippen LogP contribution in [0.3, 0.4) is 0 Å². The number of hydrogen-bond donors (Lipinski definition) is 0. The van der Waals surface area contributed by atoms with Crippen LogP contribution in [-0.2, 0) is 0 Å². The SMILES string of the molecule is N#Cc1cnc(OC(F)(F)F)c(Br)c1Br. The molecule has 1 rings (SSSR count). The van der Waals surface area contributed by atoms with Crippen LogP contribution in [0.4, 0.5) is 13.2 Å². The van der Waals surface area contributed by atoms with Crippen molar-refractivity contribution in [1.29, 1.82) is 5.26 Å². The predicted octanol–water partition coefficient (Wildman–Crippen LogP) is 3.38. The molecule has 3 nitrogen and oxygen atoms in total. The first-order chi connectivity index (χ1) is 6.85. The van der Waals surface area contributed by atoms with Crippen molar-refractivity contribution in [2.75, 3.05) is 0 Å². The molecule has 1 aromatic rings. The number of halogens is 5. The summed E-state index contributed by atoms with van der Waals surface area (Å²) < 4.78 is 39.3. The minimum Gasteiger partial charge on any atom is -0.387 e. The molecule has 0 aliphatic carbocycles. The van der Waals surface area contributed by atoms with Crippen molar-refractivity contribution in [3.63, 3.8) is 0 Å². The van der Waals surface area contributed by atoms with Gasteiger partial charge in [-0.05, 0) is 31.9 Å². The third-order valence-electron chi connectivity index (χ3n) is 1.26. The van der Waals surface area contributed by atoms with Gasteiger partial charge >= 0.3 is 6.36 Å². The molecular formula is C7HBr2F3N2O. The molecule has 0 N–H and O–H groups in total. The van der Waals surface area contributed by atoms with Crippen LogP contribution >= 0.6 is 31.9 Å². The molecule has 1 heterocycles. The van der Waals surface area contributed by atoms with Gasteiger partial charge in [-0.25, -0.2) is 4.98 Å². The van der Waals surface area contributed by atoms with Crippen molar-refractivity contribution in [3.8, 4) is 11.9 Å². The molecule has 0 atom stereocenters. The van der Waals surface area contributed by atoms with Crippen molar-refractivity contribution in [1.82, 2.24) is 4.98 Å². The normalized spacial score (nSPS) is 10.9. The zero-order valence-corrected chi connectivity index (χ0v) is 9.94. The van der Waals surface area contributed by atoms with E-state index in [0.717, 1.165) is 6.20 Å². The van der Waals surface area contributed by atoms with Crippen molar-refractivity contribution in [2.45, 2.75) is 6.36 Å². The lowest BCUT2D eigenvalue weighted by Gasteiger charge is -2.10. The fraction of sp³-hybridized carbons (Fsp3) is 0.143. The summed E-state index contributed by atoms with van der Waals surface area (Å²) in [4.78, 5) is 3.35. The van der Waals surface area contributed by atoms with E-state index in [0.29, 0.717) is 0 Å². The summed E-state index contributed by atoms with van der Waals surface area (Å²) in [7, 11) is 0. The molecule has 8 heteroatoms. The topological polar surface area (TPSA) is 45.9 Å². The van der Waals surface area contributed by atoms with Gasteiger partial charge in [-0.1, -0.05) is 0 Å². The Balaban J connectivity index is 3.14. The fourth-order valence-corrected chi connectivity index (χ4v) is 1.46. The van der Waals surface area contributed by atoms with E-state index in [9.17, 15) is 13.2 Å². The van der Waals surface area contributed by atoms with E-state index in [1.54, 1.807) is 6.07 Å². The van der Waals surface area contributed by atoms with Gasteiger partial charge in [0.25, 0.3) is 0 Å². The molecule has 0 unspecified atom stereocenters. The van der Waals surface area contributed by atoms with Crippen LogP contribution in [0, 0.1) is 11.3 Å². The van der Waals surface area contributed by atoms with Gasteiger partial charge in [0.2, 0.25) is 5.88 Å². The van der Waals surface area contributed by atoms with E-state index >= 15 is 0 Å². The average Bonchev–Trinajstić information content (AvgIpc) is 2.11. The Morgan fingerprint density at radius 2 is 1.93 bits per heavy atom. The third kappa shape index (κ3) is 3.07. The van der Waals surface area contributed by atoms with Crippen LogP contribution in [0.25, 0.3) is 0 Å². The van der Waals surface area contributed by atoms with Gasteiger partial charge in [0.15, 0.2) is 0 Å². The molecule has 0 fully saturated rings.